The van der Waals surface area contributed by atoms with Crippen LogP contribution in [-0.4, -0.2) is 39.6 Å². The second kappa shape index (κ2) is 5.48. The molecule has 1 N–H and O–H groups in total. The summed E-state index contributed by atoms with van der Waals surface area (Å²) in [6, 6.07) is 5.34. The van der Waals surface area contributed by atoms with Crippen LogP contribution in [0.5, 0.6) is 0 Å². The van der Waals surface area contributed by atoms with Crippen LogP contribution in [-0.2, 0) is 0 Å². The number of carbonyl (C=O) groups excluding carboxylic acids is 1. The SMILES string of the molecule is CCC[C@]1(CO)CCCN1C(=O)c1ccccn1. The van der Waals surface area contributed by atoms with Crippen molar-refractivity contribution in [2.75, 3.05) is 13.2 Å². The Labute approximate surface area is 108 Å². The molecule has 18 heavy (non-hydrogen) atoms. The number of likely N-dealkylation sites (tertiary alicyclic amines) is 1. The molecule has 2 heterocycles. The molecule has 0 saturated carbocycles. The summed E-state index contributed by atoms with van der Waals surface area (Å²) < 4.78 is 0. The van der Waals surface area contributed by atoms with Gasteiger partial charge in [-0.05, 0) is 31.4 Å². The normalized spacial score (nSPS) is 23.3. The highest BCUT2D eigenvalue weighted by Crippen LogP contribution is 2.34. The first-order valence-corrected chi connectivity index (χ1v) is 6.57. The van der Waals surface area contributed by atoms with Crippen LogP contribution in [0.4, 0.5) is 0 Å². The highest BCUT2D eigenvalue weighted by Gasteiger charge is 2.42. The smallest absolute Gasteiger partial charge is 0.272 e. The molecule has 4 nitrogen and oxygen atoms in total. The van der Waals surface area contributed by atoms with E-state index in [1.54, 1.807) is 18.3 Å². The molecular weight excluding hydrogens is 228 g/mol. The van der Waals surface area contributed by atoms with Gasteiger partial charge in [0.05, 0.1) is 12.1 Å². The van der Waals surface area contributed by atoms with Crippen molar-refractivity contribution in [3.8, 4) is 0 Å². The molecule has 1 fully saturated rings. The third-order valence-corrected chi connectivity index (χ3v) is 3.74. The van der Waals surface area contributed by atoms with E-state index in [4.69, 9.17) is 0 Å². The Kier molecular flexibility index (Phi) is 3.97. The van der Waals surface area contributed by atoms with Crippen LogP contribution in [0.3, 0.4) is 0 Å². The molecule has 0 bridgehead atoms. The lowest BCUT2D eigenvalue weighted by Crippen LogP contribution is -2.50. The predicted molar refractivity (Wildman–Crippen MR) is 69.2 cm³/mol. The van der Waals surface area contributed by atoms with E-state index in [9.17, 15) is 9.90 Å². The van der Waals surface area contributed by atoms with Crippen LogP contribution in [0.15, 0.2) is 24.4 Å². The van der Waals surface area contributed by atoms with Crippen molar-refractivity contribution in [1.29, 1.82) is 0 Å². The number of carbonyl (C=O) groups is 1. The van der Waals surface area contributed by atoms with Crippen molar-refractivity contribution < 1.29 is 9.90 Å². The van der Waals surface area contributed by atoms with Gasteiger partial charge in [-0.1, -0.05) is 19.4 Å². The Bertz CT molecular complexity index is 408. The predicted octanol–water partition coefficient (Wildman–Crippen LogP) is 1.85. The zero-order valence-corrected chi connectivity index (χ0v) is 10.8. The van der Waals surface area contributed by atoms with Crippen LogP contribution in [0.2, 0.25) is 0 Å². The lowest BCUT2D eigenvalue weighted by molar-refractivity contribution is 0.0372. The first-order valence-electron chi connectivity index (χ1n) is 6.57. The Morgan fingerprint density at radius 2 is 2.39 bits per heavy atom. The minimum atomic E-state index is -0.372. The Morgan fingerprint density at radius 3 is 3.00 bits per heavy atom. The van der Waals surface area contributed by atoms with Crippen LogP contribution in [0.25, 0.3) is 0 Å². The third-order valence-electron chi connectivity index (χ3n) is 3.74. The fraction of sp³-hybridized carbons (Fsp3) is 0.571. The molecule has 0 aromatic carbocycles. The van der Waals surface area contributed by atoms with Gasteiger partial charge in [0.15, 0.2) is 0 Å². The van der Waals surface area contributed by atoms with Crippen molar-refractivity contribution in [3.63, 3.8) is 0 Å². The number of rotatable bonds is 4. The van der Waals surface area contributed by atoms with E-state index in [1.807, 2.05) is 11.0 Å². The van der Waals surface area contributed by atoms with E-state index in [0.29, 0.717) is 5.69 Å². The van der Waals surface area contributed by atoms with Gasteiger partial charge in [-0.25, -0.2) is 0 Å². The largest absolute Gasteiger partial charge is 0.394 e. The number of pyridine rings is 1. The summed E-state index contributed by atoms with van der Waals surface area (Å²) in [6.07, 6.45) is 5.29. The van der Waals surface area contributed by atoms with Crippen LogP contribution >= 0.6 is 0 Å². The van der Waals surface area contributed by atoms with E-state index in [1.165, 1.54) is 0 Å². The molecule has 1 aliphatic rings. The van der Waals surface area contributed by atoms with Crippen LogP contribution in [0.1, 0.15) is 43.1 Å². The fourth-order valence-electron chi connectivity index (χ4n) is 2.85. The number of aliphatic hydroxyl groups is 1. The van der Waals surface area contributed by atoms with Gasteiger partial charge < -0.3 is 10.0 Å². The number of nitrogens with zero attached hydrogens (tertiary/aromatic N) is 2. The number of hydrogen-bond donors (Lipinski definition) is 1. The molecule has 1 saturated heterocycles. The fourth-order valence-corrected chi connectivity index (χ4v) is 2.85. The zero-order valence-electron chi connectivity index (χ0n) is 10.8. The monoisotopic (exact) mass is 248 g/mol. The first kappa shape index (κ1) is 13.0. The second-order valence-corrected chi connectivity index (χ2v) is 4.91. The minimum absolute atomic E-state index is 0.0411. The van der Waals surface area contributed by atoms with E-state index in [-0.39, 0.29) is 18.1 Å². The molecule has 1 aliphatic heterocycles. The summed E-state index contributed by atoms with van der Waals surface area (Å²) in [5, 5.41) is 9.70. The van der Waals surface area contributed by atoms with E-state index >= 15 is 0 Å². The highest BCUT2D eigenvalue weighted by molar-refractivity contribution is 5.93. The molecule has 0 radical (unpaired) electrons. The summed E-state index contributed by atoms with van der Waals surface area (Å²) in [6.45, 7) is 2.84. The Balaban J connectivity index is 2.24. The molecule has 1 amide bonds. The lowest BCUT2D eigenvalue weighted by Gasteiger charge is -2.36. The minimum Gasteiger partial charge on any atom is -0.394 e. The molecule has 1 aromatic rings. The van der Waals surface area contributed by atoms with Gasteiger partial charge in [-0.15, -0.1) is 0 Å². The van der Waals surface area contributed by atoms with E-state index in [0.717, 1.165) is 32.2 Å². The number of aromatic nitrogens is 1. The highest BCUT2D eigenvalue weighted by atomic mass is 16.3. The third kappa shape index (κ3) is 2.25. The van der Waals surface area contributed by atoms with Gasteiger partial charge >= 0.3 is 0 Å². The number of hydrogen-bond acceptors (Lipinski definition) is 3. The number of aliphatic hydroxyl groups excluding tert-OH is 1. The second-order valence-electron chi connectivity index (χ2n) is 4.91. The molecule has 2 rings (SSSR count). The standard InChI is InChI=1S/C14H20N2O2/c1-2-7-14(11-17)8-5-10-16(14)13(18)12-6-3-4-9-15-12/h3-4,6,9,17H,2,5,7-8,10-11H2,1H3/t14-/m1/s1. The molecule has 98 valence electrons. The maximum Gasteiger partial charge on any atom is 0.272 e. The molecule has 0 spiro atoms. The number of amides is 1. The summed E-state index contributed by atoms with van der Waals surface area (Å²) in [5.41, 5.74) is 0.0944. The molecular formula is C14H20N2O2. The molecule has 0 unspecified atom stereocenters. The van der Waals surface area contributed by atoms with Gasteiger partial charge in [-0.3, -0.25) is 9.78 Å². The summed E-state index contributed by atoms with van der Waals surface area (Å²) in [4.78, 5) is 18.4. The van der Waals surface area contributed by atoms with Crippen molar-refractivity contribution in [3.05, 3.63) is 30.1 Å². The van der Waals surface area contributed by atoms with Gasteiger partial charge in [0.25, 0.3) is 5.91 Å². The quantitative estimate of drug-likeness (QED) is 0.884. The Morgan fingerprint density at radius 1 is 1.56 bits per heavy atom. The maximum atomic E-state index is 12.4. The van der Waals surface area contributed by atoms with E-state index in [2.05, 4.69) is 11.9 Å². The summed E-state index contributed by atoms with van der Waals surface area (Å²) in [5.74, 6) is -0.0596. The van der Waals surface area contributed by atoms with Crippen molar-refractivity contribution in [2.24, 2.45) is 0 Å². The average molecular weight is 248 g/mol. The first-order chi connectivity index (χ1) is 8.73. The van der Waals surface area contributed by atoms with Crippen molar-refractivity contribution in [2.45, 2.75) is 38.1 Å². The summed E-state index contributed by atoms with van der Waals surface area (Å²) in [7, 11) is 0. The molecule has 0 aliphatic carbocycles. The van der Waals surface area contributed by atoms with Crippen molar-refractivity contribution in [1.82, 2.24) is 9.88 Å². The van der Waals surface area contributed by atoms with Gasteiger partial charge in [0.1, 0.15) is 5.69 Å². The lowest BCUT2D eigenvalue weighted by atomic mass is 9.91. The van der Waals surface area contributed by atoms with E-state index < -0.39 is 0 Å². The summed E-state index contributed by atoms with van der Waals surface area (Å²) >= 11 is 0. The average Bonchev–Trinajstić information content (AvgIpc) is 2.83. The molecule has 4 heteroatoms. The van der Waals surface area contributed by atoms with Crippen LogP contribution in [0, 0.1) is 0 Å². The topological polar surface area (TPSA) is 53.4 Å². The van der Waals surface area contributed by atoms with Crippen LogP contribution < -0.4 is 0 Å². The van der Waals surface area contributed by atoms with Gasteiger partial charge in [0, 0.05) is 12.7 Å². The van der Waals surface area contributed by atoms with Gasteiger partial charge in [-0.2, -0.15) is 0 Å². The Hall–Kier alpha value is -1.42. The molecule has 1 atom stereocenters. The zero-order chi connectivity index (χ0) is 13.0. The maximum absolute atomic E-state index is 12.4. The van der Waals surface area contributed by atoms with Gasteiger partial charge in [0.2, 0.25) is 0 Å². The molecule has 1 aromatic heterocycles. The van der Waals surface area contributed by atoms with Crippen molar-refractivity contribution >= 4 is 5.91 Å².